The molecule has 0 aliphatic heterocycles. The zero-order chi connectivity index (χ0) is 14.4. The molecule has 2 rings (SSSR count). The van der Waals surface area contributed by atoms with Crippen molar-refractivity contribution in [2.45, 2.75) is 38.5 Å². The summed E-state index contributed by atoms with van der Waals surface area (Å²) in [6.07, 6.45) is 11.6. The highest BCUT2D eigenvalue weighted by atomic mass is 16.1. The zero-order valence-electron chi connectivity index (χ0n) is 11.8. The molecule has 0 atom stereocenters. The molecular formula is C17H22N2O. The fraction of sp³-hybridized carbons (Fsp3) is 0.471. The summed E-state index contributed by atoms with van der Waals surface area (Å²) < 4.78 is 0. The lowest BCUT2D eigenvalue weighted by molar-refractivity contribution is -0.118. The predicted octanol–water partition coefficient (Wildman–Crippen LogP) is 2.91. The summed E-state index contributed by atoms with van der Waals surface area (Å²) in [6, 6.07) is 7.37. The molecule has 0 radical (unpaired) electrons. The molecule has 1 aliphatic rings. The number of rotatable bonds is 4. The van der Waals surface area contributed by atoms with Gasteiger partial charge in [-0.2, -0.15) is 0 Å². The first-order valence-corrected chi connectivity index (χ1v) is 7.24. The van der Waals surface area contributed by atoms with Crippen LogP contribution in [0.15, 0.2) is 24.3 Å². The van der Waals surface area contributed by atoms with E-state index in [9.17, 15) is 4.79 Å². The maximum Gasteiger partial charge on any atom is 0.224 e. The van der Waals surface area contributed by atoms with Crippen molar-refractivity contribution < 1.29 is 4.79 Å². The van der Waals surface area contributed by atoms with E-state index in [0.29, 0.717) is 13.0 Å². The number of nitrogens with two attached hydrogens (primary N) is 1. The normalized spacial score (nSPS) is 17.2. The molecule has 3 N–H and O–H groups in total. The number of anilines is 1. The molecule has 1 fully saturated rings. The Bertz CT molecular complexity index is 510. The average molecular weight is 270 g/mol. The van der Waals surface area contributed by atoms with Gasteiger partial charge in [0.15, 0.2) is 0 Å². The van der Waals surface area contributed by atoms with E-state index in [1.54, 1.807) is 0 Å². The third-order valence-corrected chi connectivity index (χ3v) is 4.20. The van der Waals surface area contributed by atoms with E-state index in [1.165, 1.54) is 19.3 Å². The van der Waals surface area contributed by atoms with Crippen molar-refractivity contribution in [3.8, 4) is 12.3 Å². The quantitative estimate of drug-likeness (QED) is 0.827. The SMILES string of the molecule is C#Cc1cccc(NC(=O)CC2(CN)CCCCC2)c1. The van der Waals surface area contributed by atoms with Crippen LogP contribution in [0.25, 0.3) is 0 Å². The number of carbonyl (C=O) groups is 1. The Labute approximate surface area is 120 Å². The second kappa shape index (κ2) is 6.58. The van der Waals surface area contributed by atoms with Crippen molar-refractivity contribution >= 4 is 11.6 Å². The van der Waals surface area contributed by atoms with E-state index in [0.717, 1.165) is 24.1 Å². The lowest BCUT2D eigenvalue weighted by Gasteiger charge is -2.35. The molecule has 20 heavy (non-hydrogen) atoms. The summed E-state index contributed by atoms with van der Waals surface area (Å²) in [5.41, 5.74) is 7.44. The average Bonchev–Trinajstić information content (AvgIpc) is 2.48. The van der Waals surface area contributed by atoms with Gasteiger partial charge in [-0.05, 0) is 43.0 Å². The van der Waals surface area contributed by atoms with E-state index < -0.39 is 0 Å². The first-order valence-electron chi connectivity index (χ1n) is 7.24. The Kier molecular flexibility index (Phi) is 4.81. The van der Waals surface area contributed by atoms with Gasteiger partial charge in [-0.1, -0.05) is 31.2 Å². The van der Waals surface area contributed by atoms with Crippen LogP contribution in [-0.2, 0) is 4.79 Å². The number of amides is 1. The summed E-state index contributed by atoms with van der Waals surface area (Å²) in [4.78, 5) is 12.2. The Morgan fingerprint density at radius 1 is 1.35 bits per heavy atom. The highest BCUT2D eigenvalue weighted by Gasteiger charge is 2.32. The minimum atomic E-state index is -0.00788. The van der Waals surface area contributed by atoms with Gasteiger partial charge < -0.3 is 11.1 Å². The number of hydrogen-bond acceptors (Lipinski definition) is 2. The minimum absolute atomic E-state index is 0.00788. The van der Waals surface area contributed by atoms with Crippen LogP contribution in [0.5, 0.6) is 0 Å². The van der Waals surface area contributed by atoms with E-state index in [4.69, 9.17) is 12.2 Å². The fourth-order valence-corrected chi connectivity index (χ4v) is 2.99. The third-order valence-electron chi connectivity index (χ3n) is 4.20. The van der Waals surface area contributed by atoms with Crippen molar-refractivity contribution in [1.29, 1.82) is 0 Å². The molecule has 106 valence electrons. The lowest BCUT2D eigenvalue weighted by Crippen LogP contribution is -2.36. The summed E-state index contributed by atoms with van der Waals surface area (Å²) >= 11 is 0. The van der Waals surface area contributed by atoms with Crippen LogP contribution in [0.3, 0.4) is 0 Å². The summed E-state index contributed by atoms with van der Waals surface area (Å²) in [5, 5.41) is 2.93. The molecule has 1 aromatic rings. The van der Waals surface area contributed by atoms with E-state index in [1.807, 2.05) is 24.3 Å². The lowest BCUT2D eigenvalue weighted by atomic mass is 9.71. The van der Waals surface area contributed by atoms with Crippen LogP contribution >= 0.6 is 0 Å². The van der Waals surface area contributed by atoms with Crippen molar-refractivity contribution in [2.24, 2.45) is 11.1 Å². The number of nitrogens with one attached hydrogen (secondary N) is 1. The summed E-state index contributed by atoms with van der Waals surface area (Å²) in [6.45, 7) is 0.588. The summed E-state index contributed by atoms with van der Waals surface area (Å²) in [5.74, 6) is 2.60. The van der Waals surface area contributed by atoms with E-state index in [2.05, 4.69) is 11.2 Å². The van der Waals surface area contributed by atoms with Crippen molar-refractivity contribution in [3.63, 3.8) is 0 Å². The van der Waals surface area contributed by atoms with Gasteiger partial charge in [0.25, 0.3) is 0 Å². The number of hydrogen-bond donors (Lipinski definition) is 2. The Hall–Kier alpha value is -1.79. The Balaban J connectivity index is 1.99. The zero-order valence-corrected chi connectivity index (χ0v) is 11.8. The van der Waals surface area contributed by atoms with Crippen LogP contribution in [0.1, 0.15) is 44.1 Å². The van der Waals surface area contributed by atoms with Gasteiger partial charge in [-0.3, -0.25) is 4.79 Å². The molecule has 0 saturated heterocycles. The van der Waals surface area contributed by atoms with Gasteiger partial charge >= 0.3 is 0 Å². The van der Waals surface area contributed by atoms with Crippen LogP contribution in [0.2, 0.25) is 0 Å². The number of terminal acetylenes is 1. The minimum Gasteiger partial charge on any atom is -0.330 e. The first kappa shape index (κ1) is 14.6. The monoisotopic (exact) mass is 270 g/mol. The highest BCUT2D eigenvalue weighted by Crippen LogP contribution is 2.38. The second-order valence-electron chi connectivity index (χ2n) is 5.71. The fourth-order valence-electron chi connectivity index (χ4n) is 2.99. The van der Waals surface area contributed by atoms with Crippen molar-refractivity contribution in [1.82, 2.24) is 0 Å². The van der Waals surface area contributed by atoms with Gasteiger partial charge in [0.05, 0.1) is 0 Å². The molecule has 0 bridgehead atoms. The standard InChI is InChI=1S/C17H22N2O/c1-2-14-7-6-8-15(11-14)19-16(20)12-17(13-18)9-4-3-5-10-17/h1,6-8,11H,3-5,9-10,12-13,18H2,(H,19,20). The second-order valence-corrected chi connectivity index (χ2v) is 5.71. The first-order chi connectivity index (χ1) is 9.67. The Morgan fingerprint density at radius 2 is 2.10 bits per heavy atom. The van der Waals surface area contributed by atoms with Crippen LogP contribution in [0, 0.1) is 17.8 Å². The molecule has 1 aliphatic carbocycles. The molecule has 3 heteroatoms. The van der Waals surface area contributed by atoms with Crippen molar-refractivity contribution in [2.75, 3.05) is 11.9 Å². The van der Waals surface area contributed by atoms with Gasteiger partial charge in [0.1, 0.15) is 0 Å². The third kappa shape index (κ3) is 3.61. The molecule has 1 aromatic carbocycles. The molecule has 1 saturated carbocycles. The molecule has 3 nitrogen and oxygen atoms in total. The van der Waals surface area contributed by atoms with Gasteiger partial charge in [0.2, 0.25) is 5.91 Å². The number of benzene rings is 1. The molecule has 0 unspecified atom stereocenters. The largest absolute Gasteiger partial charge is 0.330 e. The highest BCUT2D eigenvalue weighted by molar-refractivity contribution is 5.91. The molecule has 0 spiro atoms. The van der Waals surface area contributed by atoms with Gasteiger partial charge in [-0.15, -0.1) is 6.42 Å². The van der Waals surface area contributed by atoms with Crippen LogP contribution in [-0.4, -0.2) is 12.5 Å². The maximum atomic E-state index is 12.2. The smallest absolute Gasteiger partial charge is 0.224 e. The van der Waals surface area contributed by atoms with Gasteiger partial charge in [0, 0.05) is 17.7 Å². The molecule has 0 aromatic heterocycles. The Morgan fingerprint density at radius 3 is 2.75 bits per heavy atom. The summed E-state index contributed by atoms with van der Waals surface area (Å²) in [7, 11) is 0. The molecule has 1 amide bonds. The van der Waals surface area contributed by atoms with E-state index >= 15 is 0 Å². The van der Waals surface area contributed by atoms with Gasteiger partial charge in [-0.25, -0.2) is 0 Å². The number of carbonyl (C=O) groups excluding carboxylic acids is 1. The van der Waals surface area contributed by atoms with Crippen molar-refractivity contribution in [3.05, 3.63) is 29.8 Å². The van der Waals surface area contributed by atoms with Crippen LogP contribution in [0.4, 0.5) is 5.69 Å². The molecular weight excluding hydrogens is 248 g/mol. The van der Waals surface area contributed by atoms with Crippen LogP contribution < -0.4 is 11.1 Å². The van der Waals surface area contributed by atoms with E-state index in [-0.39, 0.29) is 11.3 Å². The molecule has 0 heterocycles. The topological polar surface area (TPSA) is 55.1 Å². The predicted molar refractivity (Wildman–Crippen MR) is 82.2 cm³/mol. The maximum absolute atomic E-state index is 12.2.